The van der Waals surface area contributed by atoms with E-state index >= 15 is 0 Å². The molecule has 6 heteroatoms. The Labute approximate surface area is 183 Å². The zero-order valence-corrected chi connectivity index (χ0v) is 18.4. The molecule has 1 aromatic heterocycles. The van der Waals surface area contributed by atoms with E-state index in [-0.39, 0.29) is 24.0 Å². The minimum atomic E-state index is 0. The van der Waals surface area contributed by atoms with Gasteiger partial charge < -0.3 is 10.2 Å². The van der Waals surface area contributed by atoms with Crippen molar-refractivity contribution < 1.29 is 0 Å². The molecule has 0 spiro atoms. The van der Waals surface area contributed by atoms with Crippen LogP contribution in [0.25, 0.3) is 5.69 Å². The summed E-state index contributed by atoms with van der Waals surface area (Å²) in [4.78, 5) is 6.81. The van der Waals surface area contributed by atoms with E-state index in [9.17, 15) is 0 Å². The molecule has 1 N–H and O–H groups in total. The van der Waals surface area contributed by atoms with E-state index in [2.05, 4.69) is 62.9 Å². The lowest BCUT2D eigenvalue weighted by molar-refractivity contribution is 0.379. The second kappa shape index (κ2) is 9.73. The Kier molecular flexibility index (Phi) is 7.08. The van der Waals surface area contributed by atoms with Crippen LogP contribution in [0.15, 0.2) is 72.0 Å². The number of aliphatic imine (C=N–C) groups is 1. The number of nitrogens with zero attached hydrogens (tertiary/aromatic N) is 4. The SMILES string of the molecule is CN=C(NCCc1cnn(-c2ccccc2)c1)N1CCc2ccccc2C1.I. The number of aromatic nitrogens is 2. The molecule has 0 radical (unpaired) electrons. The number of halogens is 1. The molecular formula is C22H26IN5. The summed E-state index contributed by atoms with van der Waals surface area (Å²) < 4.78 is 1.92. The van der Waals surface area contributed by atoms with E-state index in [0.717, 1.165) is 44.1 Å². The van der Waals surface area contributed by atoms with Crippen LogP contribution < -0.4 is 5.32 Å². The maximum absolute atomic E-state index is 4.48. The molecule has 0 bridgehead atoms. The molecule has 5 nitrogen and oxygen atoms in total. The number of rotatable bonds is 4. The maximum Gasteiger partial charge on any atom is 0.193 e. The van der Waals surface area contributed by atoms with Gasteiger partial charge in [0.1, 0.15) is 0 Å². The first-order valence-electron chi connectivity index (χ1n) is 9.45. The standard InChI is InChI=1S/C22H25N5.HI/c1-23-22(26-14-12-19-7-5-6-8-20(19)17-26)24-13-11-18-15-25-27(16-18)21-9-3-2-4-10-21;/h2-10,15-16H,11-14,17H2,1H3,(H,23,24);1H. The fourth-order valence-electron chi connectivity index (χ4n) is 3.54. The predicted octanol–water partition coefficient (Wildman–Crippen LogP) is 3.67. The molecule has 28 heavy (non-hydrogen) atoms. The summed E-state index contributed by atoms with van der Waals surface area (Å²) in [5.74, 6) is 0.972. The molecule has 3 aromatic rings. The van der Waals surface area contributed by atoms with Gasteiger partial charge in [-0.15, -0.1) is 24.0 Å². The Morgan fingerprint density at radius 2 is 1.82 bits per heavy atom. The average molecular weight is 487 g/mol. The Morgan fingerprint density at radius 1 is 1.07 bits per heavy atom. The van der Waals surface area contributed by atoms with E-state index in [1.807, 2.05) is 36.1 Å². The van der Waals surface area contributed by atoms with Gasteiger partial charge in [0.15, 0.2) is 5.96 Å². The molecule has 0 saturated carbocycles. The van der Waals surface area contributed by atoms with Gasteiger partial charge in [-0.25, -0.2) is 4.68 Å². The lowest BCUT2D eigenvalue weighted by atomic mass is 10.0. The number of hydrogen-bond acceptors (Lipinski definition) is 2. The highest BCUT2D eigenvalue weighted by atomic mass is 127. The summed E-state index contributed by atoms with van der Waals surface area (Å²) in [5, 5.41) is 7.97. The van der Waals surface area contributed by atoms with Crippen molar-refractivity contribution in [1.29, 1.82) is 0 Å². The van der Waals surface area contributed by atoms with Crippen LogP contribution >= 0.6 is 24.0 Å². The van der Waals surface area contributed by atoms with Gasteiger partial charge >= 0.3 is 0 Å². The number of para-hydroxylation sites is 1. The van der Waals surface area contributed by atoms with Gasteiger partial charge in [0.2, 0.25) is 0 Å². The summed E-state index contributed by atoms with van der Waals surface area (Å²) in [6.45, 7) is 2.76. The molecule has 146 valence electrons. The maximum atomic E-state index is 4.48. The van der Waals surface area contributed by atoms with Gasteiger partial charge in [-0.3, -0.25) is 4.99 Å². The van der Waals surface area contributed by atoms with Crippen molar-refractivity contribution in [2.75, 3.05) is 20.1 Å². The fraction of sp³-hybridized carbons (Fsp3) is 0.273. The third-order valence-corrected chi connectivity index (χ3v) is 5.00. The van der Waals surface area contributed by atoms with Crippen molar-refractivity contribution in [2.24, 2.45) is 4.99 Å². The van der Waals surface area contributed by atoms with Crippen molar-refractivity contribution in [1.82, 2.24) is 20.0 Å². The number of guanidine groups is 1. The Bertz CT molecular complexity index is 919. The second-order valence-corrected chi connectivity index (χ2v) is 6.79. The minimum Gasteiger partial charge on any atom is -0.356 e. The first-order chi connectivity index (χ1) is 13.3. The summed E-state index contributed by atoms with van der Waals surface area (Å²) in [6.07, 6.45) is 6.02. The Morgan fingerprint density at radius 3 is 2.61 bits per heavy atom. The van der Waals surface area contributed by atoms with Crippen molar-refractivity contribution >= 4 is 29.9 Å². The van der Waals surface area contributed by atoms with Crippen molar-refractivity contribution in [2.45, 2.75) is 19.4 Å². The largest absolute Gasteiger partial charge is 0.356 e. The van der Waals surface area contributed by atoms with Crippen LogP contribution in [0.2, 0.25) is 0 Å². The van der Waals surface area contributed by atoms with Crippen molar-refractivity contribution in [3.63, 3.8) is 0 Å². The van der Waals surface area contributed by atoms with E-state index in [0.29, 0.717) is 0 Å². The van der Waals surface area contributed by atoms with E-state index in [1.54, 1.807) is 0 Å². The summed E-state index contributed by atoms with van der Waals surface area (Å²) >= 11 is 0. The molecule has 1 aliphatic heterocycles. The lowest BCUT2D eigenvalue weighted by Gasteiger charge is -2.31. The van der Waals surface area contributed by atoms with Crippen LogP contribution in [-0.2, 0) is 19.4 Å². The van der Waals surface area contributed by atoms with E-state index < -0.39 is 0 Å². The molecular weight excluding hydrogens is 461 g/mol. The van der Waals surface area contributed by atoms with E-state index in [4.69, 9.17) is 0 Å². The first kappa shape index (κ1) is 20.4. The third kappa shape index (κ3) is 4.73. The second-order valence-electron chi connectivity index (χ2n) is 6.79. The van der Waals surface area contributed by atoms with Crippen LogP contribution in [0.4, 0.5) is 0 Å². The summed E-state index contributed by atoms with van der Waals surface area (Å²) in [5.41, 5.74) is 5.15. The van der Waals surface area contributed by atoms with Gasteiger partial charge in [-0.1, -0.05) is 42.5 Å². The molecule has 1 aliphatic rings. The topological polar surface area (TPSA) is 45.5 Å². The average Bonchev–Trinajstić information content (AvgIpc) is 3.20. The van der Waals surface area contributed by atoms with Crippen LogP contribution in [0.1, 0.15) is 16.7 Å². The summed E-state index contributed by atoms with van der Waals surface area (Å²) in [7, 11) is 1.86. The minimum absolute atomic E-state index is 0. The van der Waals surface area contributed by atoms with Gasteiger partial charge in [0, 0.05) is 32.9 Å². The quantitative estimate of drug-likeness (QED) is 0.347. The lowest BCUT2D eigenvalue weighted by Crippen LogP contribution is -2.44. The molecule has 2 heterocycles. The molecule has 0 amide bonds. The smallest absolute Gasteiger partial charge is 0.193 e. The van der Waals surface area contributed by atoms with Gasteiger partial charge in [0.25, 0.3) is 0 Å². The highest BCUT2D eigenvalue weighted by Gasteiger charge is 2.18. The van der Waals surface area contributed by atoms with Crippen LogP contribution in [0.5, 0.6) is 0 Å². The van der Waals surface area contributed by atoms with E-state index in [1.165, 1.54) is 16.7 Å². The van der Waals surface area contributed by atoms with Crippen molar-refractivity contribution in [3.05, 3.63) is 83.7 Å². The molecule has 0 aliphatic carbocycles. The highest BCUT2D eigenvalue weighted by Crippen LogP contribution is 2.18. The molecule has 0 fully saturated rings. The number of benzene rings is 2. The highest BCUT2D eigenvalue weighted by molar-refractivity contribution is 14.0. The van der Waals surface area contributed by atoms with Crippen LogP contribution in [0.3, 0.4) is 0 Å². The van der Waals surface area contributed by atoms with Gasteiger partial charge in [-0.05, 0) is 41.7 Å². The molecule has 2 aromatic carbocycles. The predicted molar refractivity (Wildman–Crippen MR) is 125 cm³/mol. The zero-order chi connectivity index (χ0) is 18.5. The zero-order valence-electron chi connectivity index (χ0n) is 16.1. The number of fused-ring (bicyclic) bond motifs is 1. The number of nitrogens with one attached hydrogen (secondary N) is 1. The molecule has 0 unspecified atom stereocenters. The molecule has 4 rings (SSSR count). The van der Waals surface area contributed by atoms with Gasteiger partial charge in [0.05, 0.1) is 11.9 Å². The molecule has 0 saturated heterocycles. The third-order valence-electron chi connectivity index (χ3n) is 5.00. The van der Waals surface area contributed by atoms with Crippen molar-refractivity contribution in [3.8, 4) is 5.69 Å². The summed E-state index contributed by atoms with van der Waals surface area (Å²) in [6, 6.07) is 18.9. The first-order valence-corrected chi connectivity index (χ1v) is 9.45. The molecule has 0 atom stereocenters. The van der Waals surface area contributed by atoms with Crippen LogP contribution in [-0.4, -0.2) is 40.8 Å². The normalized spacial score (nSPS) is 13.6. The Hall–Kier alpha value is -2.35. The fourth-order valence-corrected chi connectivity index (χ4v) is 3.54. The monoisotopic (exact) mass is 487 g/mol. The van der Waals surface area contributed by atoms with Crippen LogP contribution in [0, 0.1) is 0 Å². The van der Waals surface area contributed by atoms with Gasteiger partial charge in [-0.2, -0.15) is 5.10 Å². The number of hydrogen-bond donors (Lipinski definition) is 1. The Balaban J connectivity index is 0.00000225.